The Morgan fingerprint density at radius 2 is 1.67 bits per heavy atom. The normalized spacial score (nSPS) is 10.7. The fourth-order valence-corrected chi connectivity index (χ4v) is 1.60. The molecule has 92 valence electrons. The fraction of sp³-hybridized carbons (Fsp3) is 0.125. The van der Waals surface area contributed by atoms with Crippen LogP contribution in [0.5, 0.6) is 5.75 Å². The number of ether oxygens (including phenoxy) is 1. The Bertz CT molecular complexity index is 486. The van der Waals surface area contributed by atoms with E-state index in [-0.39, 0.29) is 6.61 Å². The molecule has 0 spiro atoms. The quantitative estimate of drug-likeness (QED) is 0.869. The molecule has 0 aliphatic heterocycles. The molecule has 0 unspecified atom stereocenters. The highest BCUT2D eigenvalue weighted by Gasteiger charge is 1.95. The minimum Gasteiger partial charge on any atom is -0.489 e. The van der Waals surface area contributed by atoms with Crippen molar-refractivity contribution in [3.63, 3.8) is 0 Å². The molecule has 0 bridgehead atoms. The monoisotopic (exact) mass is 240 g/mol. The second-order valence-corrected chi connectivity index (χ2v) is 3.93. The summed E-state index contributed by atoms with van der Waals surface area (Å²) in [5.74, 6) is 0.847. The Balaban J connectivity index is 1.92. The van der Waals surface area contributed by atoms with Gasteiger partial charge in [0.25, 0.3) is 0 Å². The number of aliphatic hydroxyl groups is 1. The molecular formula is C16H16O2. The summed E-state index contributed by atoms with van der Waals surface area (Å²) in [6.45, 7) is 0.638. The lowest BCUT2D eigenvalue weighted by Crippen LogP contribution is -1.94. The summed E-state index contributed by atoms with van der Waals surface area (Å²) >= 11 is 0. The van der Waals surface area contributed by atoms with E-state index in [1.165, 1.54) is 0 Å². The highest BCUT2D eigenvalue weighted by atomic mass is 16.5. The second kappa shape index (κ2) is 6.62. The summed E-state index contributed by atoms with van der Waals surface area (Å²) in [4.78, 5) is 0. The molecule has 0 fully saturated rings. The van der Waals surface area contributed by atoms with E-state index in [0.717, 1.165) is 16.9 Å². The molecule has 0 aliphatic carbocycles. The lowest BCUT2D eigenvalue weighted by atomic mass is 10.2. The van der Waals surface area contributed by atoms with Crippen LogP contribution >= 0.6 is 0 Å². The van der Waals surface area contributed by atoms with Gasteiger partial charge >= 0.3 is 0 Å². The van der Waals surface area contributed by atoms with Crippen molar-refractivity contribution in [1.82, 2.24) is 0 Å². The molecule has 0 saturated heterocycles. The van der Waals surface area contributed by atoms with Crippen molar-refractivity contribution in [2.24, 2.45) is 0 Å². The van der Waals surface area contributed by atoms with Crippen molar-refractivity contribution in [2.75, 3.05) is 6.61 Å². The summed E-state index contributed by atoms with van der Waals surface area (Å²) in [5.41, 5.74) is 2.21. The summed E-state index contributed by atoms with van der Waals surface area (Å²) < 4.78 is 5.68. The third kappa shape index (κ3) is 3.75. The van der Waals surface area contributed by atoms with E-state index in [1.54, 1.807) is 6.08 Å². The minimum atomic E-state index is 0.0618. The summed E-state index contributed by atoms with van der Waals surface area (Å²) in [6.07, 6.45) is 3.58. The number of hydrogen-bond donors (Lipinski definition) is 1. The molecule has 0 radical (unpaired) electrons. The molecule has 0 heterocycles. The van der Waals surface area contributed by atoms with E-state index in [2.05, 4.69) is 0 Å². The molecule has 0 saturated carbocycles. The fourth-order valence-electron chi connectivity index (χ4n) is 1.60. The smallest absolute Gasteiger partial charge is 0.119 e. The van der Waals surface area contributed by atoms with Gasteiger partial charge in [-0.2, -0.15) is 0 Å². The van der Waals surface area contributed by atoms with Gasteiger partial charge < -0.3 is 9.84 Å². The standard InChI is InChI=1S/C16H16O2/c17-12-4-7-14-8-10-16(11-9-14)18-13-15-5-2-1-3-6-15/h1-11,17H,12-13H2. The second-order valence-electron chi connectivity index (χ2n) is 3.93. The third-order valence-corrected chi connectivity index (χ3v) is 2.54. The predicted molar refractivity (Wildman–Crippen MR) is 73.3 cm³/mol. The van der Waals surface area contributed by atoms with Crippen LogP contribution in [-0.4, -0.2) is 11.7 Å². The van der Waals surface area contributed by atoms with Crippen LogP contribution in [0, 0.1) is 0 Å². The van der Waals surface area contributed by atoms with Crippen LogP contribution in [0.15, 0.2) is 60.7 Å². The van der Waals surface area contributed by atoms with Crippen molar-refractivity contribution >= 4 is 6.08 Å². The first kappa shape index (κ1) is 12.4. The molecule has 2 aromatic rings. The van der Waals surface area contributed by atoms with Gasteiger partial charge in [-0.3, -0.25) is 0 Å². The molecule has 0 atom stereocenters. The first-order valence-electron chi connectivity index (χ1n) is 5.92. The average Bonchev–Trinajstić information content (AvgIpc) is 2.45. The SMILES string of the molecule is OCC=Cc1ccc(OCc2ccccc2)cc1. The molecule has 0 aromatic heterocycles. The number of rotatable bonds is 5. The lowest BCUT2D eigenvalue weighted by Gasteiger charge is -2.06. The van der Waals surface area contributed by atoms with Gasteiger partial charge in [0.15, 0.2) is 0 Å². The molecule has 2 nitrogen and oxygen atoms in total. The molecule has 2 aromatic carbocycles. The van der Waals surface area contributed by atoms with E-state index >= 15 is 0 Å². The first-order valence-corrected chi connectivity index (χ1v) is 5.92. The van der Waals surface area contributed by atoms with Gasteiger partial charge in [0.1, 0.15) is 12.4 Å². The maximum absolute atomic E-state index is 8.68. The van der Waals surface area contributed by atoms with Gasteiger partial charge in [-0.05, 0) is 23.3 Å². The van der Waals surface area contributed by atoms with E-state index in [1.807, 2.05) is 60.7 Å². The average molecular weight is 240 g/mol. The summed E-state index contributed by atoms with van der Waals surface area (Å²) in [7, 11) is 0. The molecular weight excluding hydrogens is 224 g/mol. The van der Waals surface area contributed by atoms with Crippen LogP contribution < -0.4 is 4.74 Å². The molecule has 2 heteroatoms. The van der Waals surface area contributed by atoms with Crippen LogP contribution in [0.3, 0.4) is 0 Å². The largest absolute Gasteiger partial charge is 0.489 e. The minimum absolute atomic E-state index is 0.0618. The van der Waals surface area contributed by atoms with Crippen LogP contribution in [0.1, 0.15) is 11.1 Å². The maximum atomic E-state index is 8.68. The lowest BCUT2D eigenvalue weighted by molar-refractivity contribution is 0.306. The van der Waals surface area contributed by atoms with Crippen molar-refractivity contribution in [3.05, 3.63) is 71.8 Å². The number of aliphatic hydroxyl groups excluding tert-OH is 1. The highest BCUT2D eigenvalue weighted by molar-refractivity contribution is 5.50. The van der Waals surface area contributed by atoms with Crippen molar-refractivity contribution in [1.29, 1.82) is 0 Å². The van der Waals surface area contributed by atoms with Gasteiger partial charge in [-0.15, -0.1) is 0 Å². The van der Waals surface area contributed by atoms with E-state index in [0.29, 0.717) is 6.61 Å². The number of benzene rings is 2. The molecule has 18 heavy (non-hydrogen) atoms. The molecule has 0 aliphatic rings. The Labute approximate surface area is 107 Å². The zero-order chi connectivity index (χ0) is 12.6. The maximum Gasteiger partial charge on any atom is 0.119 e. The first-order chi connectivity index (χ1) is 8.88. The van der Waals surface area contributed by atoms with Gasteiger partial charge in [-0.1, -0.05) is 54.6 Å². The van der Waals surface area contributed by atoms with Crippen LogP contribution in [-0.2, 0) is 6.61 Å². The Morgan fingerprint density at radius 1 is 0.944 bits per heavy atom. The Kier molecular flexibility index (Phi) is 4.56. The van der Waals surface area contributed by atoms with Crippen LogP contribution in [0.4, 0.5) is 0 Å². The Hall–Kier alpha value is -2.06. The zero-order valence-corrected chi connectivity index (χ0v) is 10.1. The van der Waals surface area contributed by atoms with Crippen LogP contribution in [0.2, 0.25) is 0 Å². The predicted octanol–water partition coefficient (Wildman–Crippen LogP) is 3.27. The number of hydrogen-bond acceptors (Lipinski definition) is 2. The van der Waals surface area contributed by atoms with Gasteiger partial charge in [0.05, 0.1) is 6.61 Å². The third-order valence-electron chi connectivity index (χ3n) is 2.54. The van der Waals surface area contributed by atoms with E-state index < -0.39 is 0 Å². The summed E-state index contributed by atoms with van der Waals surface area (Å²) in [6, 6.07) is 17.9. The Morgan fingerprint density at radius 3 is 2.33 bits per heavy atom. The van der Waals surface area contributed by atoms with Crippen molar-refractivity contribution in [2.45, 2.75) is 6.61 Å². The van der Waals surface area contributed by atoms with Crippen molar-refractivity contribution < 1.29 is 9.84 Å². The highest BCUT2D eigenvalue weighted by Crippen LogP contribution is 2.14. The summed E-state index contributed by atoms with van der Waals surface area (Å²) in [5, 5.41) is 8.68. The van der Waals surface area contributed by atoms with Crippen LogP contribution in [0.25, 0.3) is 6.08 Å². The van der Waals surface area contributed by atoms with Crippen molar-refractivity contribution in [3.8, 4) is 5.75 Å². The zero-order valence-electron chi connectivity index (χ0n) is 10.1. The molecule has 2 rings (SSSR count). The van der Waals surface area contributed by atoms with Gasteiger partial charge in [-0.25, -0.2) is 0 Å². The topological polar surface area (TPSA) is 29.5 Å². The molecule has 1 N–H and O–H groups in total. The van der Waals surface area contributed by atoms with E-state index in [9.17, 15) is 0 Å². The van der Waals surface area contributed by atoms with Gasteiger partial charge in [0.2, 0.25) is 0 Å². The van der Waals surface area contributed by atoms with Gasteiger partial charge in [0, 0.05) is 0 Å². The molecule has 0 amide bonds. The van der Waals surface area contributed by atoms with E-state index in [4.69, 9.17) is 9.84 Å².